The van der Waals surface area contributed by atoms with E-state index in [1.165, 1.54) is 11.3 Å². The Morgan fingerprint density at radius 2 is 2.05 bits per heavy atom. The quantitative estimate of drug-likeness (QED) is 0.628. The second-order valence-electron chi connectivity index (χ2n) is 4.82. The van der Waals surface area contributed by atoms with Crippen molar-refractivity contribution in [1.82, 2.24) is 4.98 Å². The fourth-order valence-electron chi connectivity index (χ4n) is 2.46. The number of benzene rings is 1. The van der Waals surface area contributed by atoms with Crippen molar-refractivity contribution in [2.45, 2.75) is 19.8 Å². The van der Waals surface area contributed by atoms with Crippen LogP contribution in [0, 0.1) is 17.0 Å². The molecule has 1 fully saturated rings. The lowest BCUT2D eigenvalue weighted by molar-refractivity contribution is -0.384. The van der Waals surface area contributed by atoms with Crippen molar-refractivity contribution in [3.63, 3.8) is 0 Å². The third kappa shape index (κ3) is 2.24. The van der Waals surface area contributed by atoms with Gasteiger partial charge in [0.1, 0.15) is 11.5 Å². The fraction of sp³-hybridized carbons (Fsp3) is 0.385. The monoisotopic (exact) mass is 291 g/mol. The van der Waals surface area contributed by atoms with E-state index >= 15 is 0 Å². The number of piperidine rings is 1. The average molecular weight is 291 g/mol. The number of Topliss-reactive ketones (excluding diaryl/α,β-unsaturated/α-hetero) is 1. The molecule has 2 aromatic rings. The van der Waals surface area contributed by atoms with Crippen LogP contribution in [0.3, 0.4) is 0 Å². The maximum atomic E-state index is 11.3. The number of aryl methyl sites for hydroxylation is 1. The highest BCUT2D eigenvalue weighted by Crippen LogP contribution is 2.36. The Balaban J connectivity index is 2.09. The number of ketones is 1. The van der Waals surface area contributed by atoms with Crippen molar-refractivity contribution >= 4 is 38.7 Å². The average Bonchev–Trinajstić information content (AvgIpc) is 2.77. The van der Waals surface area contributed by atoms with E-state index in [9.17, 15) is 14.9 Å². The number of carbonyl (C=O) groups is 1. The summed E-state index contributed by atoms with van der Waals surface area (Å²) in [5.74, 6) is 0.217. The molecule has 6 nitrogen and oxygen atoms in total. The van der Waals surface area contributed by atoms with Gasteiger partial charge in [-0.25, -0.2) is 4.98 Å². The molecule has 0 N–H and O–H groups in total. The molecular weight excluding hydrogens is 278 g/mol. The van der Waals surface area contributed by atoms with Gasteiger partial charge in [-0.15, -0.1) is 11.3 Å². The first-order valence-corrected chi connectivity index (χ1v) is 7.18. The molecule has 0 atom stereocenters. The molecule has 1 aromatic heterocycles. The van der Waals surface area contributed by atoms with E-state index in [0.29, 0.717) is 31.6 Å². The van der Waals surface area contributed by atoms with Crippen LogP contribution in [0.5, 0.6) is 0 Å². The molecule has 0 amide bonds. The highest BCUT2D eigenvalue weighted by molar-refractivity contribution is 7.18. The molecule has 0 saturated carbocycles. The Hall–Kier alpha value is -2.02. The Bertz CT molecular complexity index is 700. The molecule has 3 rings (SSSR count). The minimum atomic E-state index is -0.361. The summed E-state index contributed by atoms with van der Waals surface area (Å²) in [4.78, 5) is 28.5. The minimum absolute atomic E-state index is 0.0931. The summed E-state index contributed by atoms with van der Waals surface area (Å²) in [6.07, 6.45) is 0.899. The lowest BCUT2D eigenvalue weighted by Crippen LogP contribution is -2.34. The van der Waals surface area contributed by atoms with Crippen molar-refractivity contribution < 1.29 is 9.72 Å². The summed E-state index contributed by atoms with van der Waals surface area (Å²) in [7, 11) is 0. The fourth-order valence-corrected chi connectivity index (χ4v) is 3.31. The molecule has 104 valence electrons. The SMILES string of the molecule is Cc1nc2cc(N3CCC(=O)CC3)c([N+](=O)[O-])cc2s1. The Labute approximate surface area is 119 Å². The zero-order valence-electron chi connectivity index (χ0n) is 11.0. The standard InChI is InChI=1S/C13H13N3O3S/c1-8-14-10-6-11(15-4-2-9(17)3-5-15)12(16(18)19)7-13(10)20-8/h6-7H,2-5H2,1H3. The second kappa shape index (κ2) is 4.82. The van der Waals surface area contributed by atoms with Crippen LogP contribution in [0.2, 0.25) is 0 Å². The number of hydrogen-bond acceptors (Lipinski definition) is 6. The van der Waals surface area contributed by atoms with Crippen LogP contribution in [0.1, 0.15) is 17.8 Å². The third-order valence-corrected chi connectivity index (χ3v) is 4.38. The predicted octanol–water partition coefficient (Wildman–Crippen LogP) is 2.68. The van der Waals surface area contributed by atoms with Gasteiger partial charge in [0.2, 0.25) is 0 Å². The normalized spacial score (nSPS) is 15.8. The van der Waals surface area contributed by atoms with E-state index in [4.69, 9.17) is 0 Å². The van der Waals surface area contributed by atoms with E-state index in [2.05, 4.69) is 4.98 Å². The number of rotatable bonds is 2. The number of nitro benzene ring substituents is 1. The molecule has 1 aromatic carbocycles. The number of nitro groups is 1. The van der Waals surface area contributed by atoms with E-state index in [0.717, 1.165) is 15.2 Å². The topological polar surface area (TPSA) is 76.3 Å². The van der Waals surface area contributed by atoms with Crippen LogP contribution in [-0.2, 0) is 4.79 Å². The molecule has 1 saturated heterocycles. The molecule has 0 spiro atoms. The summed E-state index contributed by atoms with van der Waals surface area (Å²) in [6, 6.07) is 3.36. The summed E-state index contributed by atoms with van der Waals surface area (Å²) in [6.45, 7) is 2.96. The Morgan fingerprint density at radius 3 is 2.70 bits per heavy atom. The van der Waals surface area contributed by atoms with Gasteiger partial charge < -0.3 is 4.90 Å². The number of anilines is 1. The molecule has 0 unspecified atom stereocenters. The number of hydrogen-bond donors (Lipinski definition) is 0. The predicted molar refractivity (Wildman–Crippen MR) is 77.5 cm³/mol. The van der Waals surface area contributed by atoms with Crippen molar-refractivity contribution in [2.75, 3.05) is 18.0 Å². The highest BCUT2D eigenvalue weighted by atomic mass is 32.1. The van der Waals surface area contributed by atoms with Crippen molar-refractivity contribution in [1.29, 1.82) is 0 Å². The van der Waals surface area contributed by atoms with Gasteiger partial charge in [0, 0.05) is 32.0 Å². The number of thiazole rings is 1. The van der Waals surface area contributed by atoms with Crippen molar-refractivity contribution in [3.8, 4) is 0 Å². The van der Waals surface area contributed by atoms with Crippen molar-refractivity contribution in [2.24, 2.45) is 0 Å². The first-order valence-electron chi connectivity index (χ1n) is 6.37. The molecule has 0 aliphatic carbocycles. The second-order valence-corrected chi connectivity index (χ2v) is 6.06. The van der Waals surface area contributed by atoms with E-state index in [-0.39, 0.29) is 16.4 Å². The Kier molecular flexibility index (Phi) is 3.13. The number of carbonyl (C=O) groups excluding carboxylic acids is 1. The van der Waals surface area contributed by atoms with Crippen molar-refractivity contribution in [3.05, 3.63) is 27.3 Å². The Morgan fingerprint density at radius 1 is 1.35 bits per heavy atom. The van der Waals surface area contributed by atoms with Gasteiger partial charge in [0.05, 0.1) is 20.1 Å². The maximum Gasteiger partial charge on any atom is 0.294 e. The minimum Gasteiger partial charge on any atom is -0.365 e. The highest BCUT2D eigenvalue weighted by Gasteiger charge is 2.25. The summed E-state index contributed by atoms with van der Waals surface area (Å²) in [5, 5.41) is 12.2. The smallest absolute Gasteiger partial charge is 0.294 e. The van der Waals surface area contributed by atoms with Gasteiger partial charge in [-0.2, -0.15) is 0 Å². The first-order chi connectivity index (χ1) is 9.54. The first kappa shape index (κ1) is 13.0. The van der Waals surface area contributed by atoms with Gasteiger partial charge in [0.15, 0.2) is 0 Å². The lowest BCUT2D eigenvalue weighted by atomic mass is 10.1. The molecule has 2 heterocycles. The van der Waals surface area contributed by atoms with E-state index in [1.54, 1.807) is 12.1 Å². The molecule has 0 bridgehead atoms. The third-order valence-electron chi connectivity index (χ3n) is 3.45. The van der Waals surface area contributed by atoms with Crippen LogP contribution in [-0.4, -0.2) is 28.8 Å². The molecule has 0 radical (unpaired) electrons. The van der Waals surface area contributed by atoms with Gasteiger partial charge in [0.25, 0.3) is 5.69 Å². The molecule has 7 heteroatoms. The number of aromatic nitrogens is 1. The molecule has 1 aliphatic heterocycles. The zero-order valence-corrected chi connectivity index (χ0v) is 11.8. The van der Waals surface area contributed by atoms with Crippen LogP contribution in [0.4, 0.5) is 11.4 Å². The summed E-state index contributed by atoms with van der Waals surface area (Å²) in [5.41, 5.74) is 1.45. The van der Waals surface area contributed by atoms with Gasteiger partial charge in [-0.1, -0.05) is 0 Å². The zero-order chi connectivity index (χ0) is 14.3. The van der Waals surface area contributed by atoms with Crippen LogP contribution < -0.4 is 4.90 Å². The maximum absolute atomic E-state index is 11.3. The molecule has 1 aliphatic rings. The van der Waals surface area contributed by atoms with E-state index < -0.39 is 0 Å². The number of fused-ring (bicyclic) bond motifs is 1. The molecular formula is C13H13N3O3S. The number of nitrogens with zero attached hydrogens (tertiary/aromatic N) is 3. The van der Waals surface area contributed by atoms with E-state index in [1.807, 2.05) is 11.8 Å². The largest absolute Gasteiger partial charge is 0.365 e. The van der Waals surface area contributed by atoms with Crippen LogP contribution >= 0.6 is 11.3 Å². The van der Waals surface area contributed by atoms with Crippen LogP contribution in [0.25, 0.3) is 10.2 Å². The van der Waals surface area contributed by atoms with Gasteiger partial charge >= 0.3 is 0 Å². The lowest BCUT2D eigenvalue weighted by Gasteiger charge is -2.27. The van der Waals surface area contributed by atoms with Crippen LogP contribution in [0.15, 0.2) is 12.1 Å². The van der Waals surface area contributed by atoms with Gasteiger partial charge in [-0.05, 0) is 13.0 Å². The van der Waals surface area contributed by atoms with Gasteiger partial charge in [-0.3, -0.25) is 14.9 Å². The molecule has 20 heavy (non-hydrogen) atoms. The summed E-state index contributed by atoms with van der Waals surface area (Å²) >= 11 is 1.45. The summed E-state index contributed by atoms with van der Waals surface area (Å²) < 4.78 is 0.825.